The lowest BCUT2D eigenvalue weighted by Crippen LogP contribution is -2.32. The molecule has 2 N–H and O–H groups in total. The van der Waals surface area contributed by atoms with Crippen LogP contribution in [0.15, 0.2) is 16.9 Å². The highest BCUT2D eigenvalue weighted by Gasteiger charge is 2.25. The fraction of sp³-hybridized carbons (Fsp3) is 0.583. The van der Waals surface area contributed by atoms with Gasteiger partial charge in [-0.1, -0.05) is 19.3 Å². The monoisotopic (exact) mass is 329 g/mol. The number of aromatic nitrogens is 1. The van der Waals surface area contributed by atoms with Gasteiger partial charge in [0.25, 0.3) is 0 Å². The zero-order valence-corrected chi connectivity index (χ0v) is 12.0. The summed E-state index contributed by atoms with van der Waals surface area (Å²) in [6.45, 7) is 0. The molecular formula is C12H16BrN3O3. The van der Waals surface area contributed by atoms with E-state index in [0.717, 1.165) is 32.1 Å². The van der Waals surface area contributed by atoms with Crippen molar-refractivity contribution in [2.45, 2.75) is 44.2 Å². The van der Waals surface area contributed by atoms with E-state index >= 15 is 0 Å². The molecule has 0 bridgehead atoms. The van der Waals surface area contributed by atoms with E-state index in [1.807, 2.05) is 0 Å². The van der Waals surface area contributed by atoms with Crippen LogP contribution in [0.1, 0.15) is 32.1 Å². The van der Waals surface area contributed by atoms with E-state index in [9.17, 15) is 15.2 Å². The third-order valence-electron chi connectivity index (χ3n) is 3.39. The van der Waals surface area contributed by atoms with Gasteiger partial charge in [-0.05, 0) is 28.8 Å². The van der Waals surface area contributed by atoms with Crippen molar-refractivity contribution in [3.63, 3.8) is 0 Å². The summed E-state index contributed by atoms with van der Waals surface area (Å²) in [5.41, 5.74) is 0.316. The van der Waals surface area contributed by atoms with Crippen LogP contribution >= 0.6 is 15.9 Å². The molecule has 1 aliphatic rings. The molecule has 19 heavy (non-hydrogen) atoms. The first-order chi connectivity index (χ1) is 9.09. The van der Waals surface area contributed by atoms with Crippen molar-refractivity contribution in [1.29, 1.82) is 0 Å². The number of nitro groups is 1. The number of aliphatic hydroxyl groups excluding tert-OH is 1. The number of pyridine rings is 1. The Morgan fingerprint density at radius 2 is 2.11 bits per heavy atom. The normalized spacial score (nSPS) is 23.7. The average Bonchev–Trinajstić information content (AvgIpc) is 2.57. The topological polar surface area (TPSA) is 88.3 Å². The summed E-state index contributed by atoms with van der Waals surface area (Å²) in [5.74, 6) is 0. The van der Waals surface area contributed by atoms with Gasteiger partial charge in [0.15, 0.2) is 0 Å². The van der Waals surface area contributed by atoms with Crippen LogP contribution in [0, 0.1) is 10.1 Å². The summed E-state index contributed by atoms with van der Waals surface area (Å²) in [5, 5.41) is 24.2. The van der Waals surface area contributed by atoms with Crippen molar-refractivity contribution in [3.05, 3.63) is 27.0 Å². The average molecular weight is 330 g/mol. The van der Waals surface area contributed by atoms with Gasteiger partial charge < -0.3 is 10.4 Å². The summed E-state index contributed by atoms with van der Waals surface area (Å²) < 4.78 is 0.540. The van der Waals surface area contributed by atoms with Crippen LogP contribution in [0.4, 0.5) is 11.4 Å². The minimum absolute atomic E-state index is 0.0779. The molecule has 2 rings (SSSR count). The van der Waals surface area contributed by atoms with Crippen LogP contribution in [-0.2, 0) is 0 Å². The minimum atomic E-state index is -0.470. The number of hydrogen-bond donors (Lipinski definition) is 2. The van der Waals surface area contributed by atoms with Crippen LogP contribution in [0.25, 0.3) is 0 Å². The molecule has 0 amide bonds. The fourth-order valence-corrected chi connectivity index (χ4v) is 2.78. The maximum absolute atomic E-state index is 11.0. The van der Waals surface area contributed by atoms with Crippen molar-refractivity contribution in [3.8, 4) is 0 Å². The molecule has 0 aliphatic heterocycles. The van der Waals surface area contributed by atoms with E-state index in [1.165, 1.54) is 12.4 Å². The molecule has 0 spiro atoms. The van der Waals surface area contributed by atoms with Crippen molar-refractivity contribution < 1.29 is 10.0 Å². The molecule has 1 saturated carbocycles. The van der Waals surface area contributed by atoms with E-state index < -0.39 is 11.0 Å². The highest BCUT2D eigenvalue weighted by atomic mass is 79.9. The summed E-state index contributed by atoms with van der Waals surface area (Å²) in [4.78, 5) is 14.3. The molecule has 2 atom stereocenters. The number of aliphatic hydroxyl groups is 1. The van der Waals surface area contributed by atoms with E-state index in [2.05, 4.69) is 26.2 Å². The molecule has 6 nitrogen and oxygen atoms in total. The maximum Gasteiger partial charge on any atom is 0.311 e. The Morgan fingerprint density at radius 1 is 1.37 bits per heavy atom. The van der Waals surface area contributed by atoms with Gasteiger partial charge >= 0.3 is 5.69 Å². The van der Waals surface area contributed by atoms with E-state index in [0.29, 0.717) is 10.2 Å². The molecule has 0 aromatic carbocycles. The van der Waals surface area contributed by atoms with E-state index in [4.69, 9.17) is 0 Å². The summed E-state index contributed by atoms with van der Waals surface area (Å²) >= 11 is 3.27. The predicted molar refractivity (Wildman–Crippen MR) is 75.1 cm³/mol. The Labute approximate surface area is 119 Å². The lowest BCUT2D eigenvalue weighted by atomic mass is 10.1. The Kier molecular flexibility index (Phi) is 4.71. The molecule has 0 saturated heterocycles. The molecule has 104 valence electrons. The van der Waals surface area contributed by atoms with Crippen LogP contribution < -0.4 is 5.32 Å². The van der Waals surface area contributed by atoms with Gasteiger partial charge in [0.1, 0.15) is 11.9 Å². The first-order valence-electron chi connectivity index (χ1n) is 6.32. The fourth-order valence-electron chi connectivity index (χ4n) is 2.35. The number of nitrogens with zero attached hydrogens (tertiary/aromatic N) is 2. The van der Waals surface area contributed by atoms with Crippen molar-refractivity contribution in [2.24, 2.45) is 0 Å². The standard InChI is InChI=1S/C12H16BrN3O3/c13-8-6-14-7-10(16(18)19)12(8)15-9-4-2-1-3-5-11(9)17/h6-7,9,11,17H,1-5H2,(H,14,15). The molecule has 1 fully saturated rings. The van der Waals surface area contributed by atoms with Crippen molar-refractivity contribution in [2.75, 3.05) is 5.32 Å². The zero-order valence-electron chi connectivity index (χ0n) is 10.4. The number of nitrogens with one attached hydrogen (secondary N) is 1. The van der Waals surface area contributed by atoms with Gasteiger partial charge in [-0.3, -0.25) is 15.1 Å². The highest BCUT2D eigenvalue weighted by Crippen LogP contribution is 2.33. The summed E-state index contributed by atoms with van der Waals surface area (Å²) in [7, 11) is 0. The Hall–Kier alpha value is -1.21. The number of halogens is 1. The van der Waals surface area contributed by atoms with E-state index in [1.54, 1.807) is 0 Å². The third-order valence-corrected chi connectivity index (χ3v) is 3.99. The molecular weight excluding hydrogens is 314 g/mol. The van der Waals surface area contributed by atoms with Crippen LogP contribution in [0.5, 0.6) is 0 Å². The minimum Gasteiger partial charge on any atom is -0.391 e. The Morgan fingerprint density at radius 3 is 2.84 bits per heavy atom. The van der Waals surface area contributed by atoms with Gasteiger partial charge in [0, 0.05) is 6.20 Å². The first kappa shape index (κ1) is 14.2. The lowest BCUT2D eigenvalue weighted by molar-refractivity contribution is -0.384. The second-order valence-electron chi connectivity index (χ2n) is 4.73. The number of hydrogen-bond acceptors (Lipinski definition) is 5. The number of rotatable bonds is 3. The molecule has 1 aromatic heterocycles. The highest BCUT2D eigenvalue weighted by molar-refractivity contribution is 9.10. The lowest BCUT2D eigenvalue weighted by Gasteiger charge is -2.23. The van der Waals surface area contributed by atoms with Crippen LogP contribution in [-0.4, -0.2) is 27.2 Å². The Balaban J connectivity index is 2.24. The number of anilines is 1. The van der Waals surface area contributed by atoms with E-state index in [-0.39, 0.29) is 11.7 Å². The largest absolute Gasteiger partial charge is 0.391 e. The second kappa shape index (κ2) is 6.29. The predicted octanol–water partition coefficient (Wildman–Crippen LogP) is 2.86. The second-order valence-corrected chi connectivity index (χ2v) is 5.58. The Bertz CT molecular complexity index is 470. The van der Waals surface area contributed by atoms with Gasteiger partial charge in [-0.25, -0.2) is 0 Å². The molecule has 1 aromatic rings. The molecule has 1 heterocycles. The molecule has 0 radical (unpaired) electrons. The van der Waals surface area contributed by atoms with Gasteiger partial charge in [0.05, 0.1) is 21.5 Å². The smallest absolute Gasteiger partial charge is 0.311 e. The molecule has 1 aliphatic carbocycles. The first-order valence-corrected chi connectivity index (χ1v) is 7.11. The quantitative estimate of drug-likeness (QED) is 0.505. The van der Waals surface area contributed by atoms with Crippen molar-refractivity contribution >= 4 is 27.3 Å². The van der Waals surface area contributed by atoms with Crippen LogP contribution in [0.3, 0.4) is 0 Å². The van der Waals surface area contributed by atoms with Gasteiger partial charge in [0.2, 0.25) is 0 Å². The summed E-state index contributed by atoms with van der Waals surface area (Å²) in [6.07, 6.45) is 6.91. The van der Waals surface area contributed by atoms with Crippen LogP contribution in [0.2, 0.25) is 0 Å². The molecule has 7 heteroatoms. The zero-order chi connectivity index (χ0) is 13.8. The van der Waals surface area contributed by atoms with Gasteiger partial charge in [-0.2, -0.15) is 0 Å². The molecule has 2 unspecified atom stereocenters. The van der Waals surface area contributed by atoms with Gasteiger partial charge in [-0.15, -0.1) is 0 Å². The maximum atomic E-state index is 11.0. The summed E-state index contributed by atoms with van der Waals surface area (Å²) in [6, 6.07) is -0.153. The van der Waals surface area contributed by atoms with Crippen molar-refractivity contribution in [1.82, 2.24) is 4.98 Å². The SMILES string of the molecule is O=[N+]([O-])c1cncc(Br)c1NC1CCCCCC1O. The third kappa shape index (κ3) is 3.42.